The minimum Gasteiger partial charge on any atom is -0.371 e. The van der Waals surface area contributed by atoms with Crippen LogP contribution in [-0.2, 0) is 0 Å². The van der Waals surface area contributed by atoms with Gasteiger partial charge in [0.2, 0.25) is 0 Å². The third-order valence-corrected chi connectivity index (χ3v) is 2.94. The van der Waals surface area contributed by atoms with Crippen molar-refractivity contribution in [2.24, 2.45) is 0 Å². The predicted octanol–water partition coefficient (Wildman–Crippen LogP) is 3.48. The lowest BCUT2D eigenvalue weighted by atomic mass is 10.1. The summed E-state index contributed by atoms with van der Waals surface area (Å²) in [5.74, 6) is 0. The normalized spacial score (nSPS) is 9.95. The van der Waals surface area contributed by atoms with Gasteiger partial charge in [-0.3, -0.25) is 10.1 Å². The van der Waals surface area contributed by atoms with Crippen molar-refractivity contribution in [1.29, 1.82) is 5.26 Å². The molecule has 0 saturated carbocycles. The van der Waals surface area contributed by atoms with Crippen LogP contribution >= 0.6 is 0 Å². The van der Waals surface area contributed by atoms with Crippen LogP contribution in [0.1, 0.15) is 38.7 Å². The van der Waals surface area contributed by atoms with Gasteiger partial charge in [-0.25, -0.2) is 0 Å². The van der Waals surface area contributed by atoms with Gasteiger partial charge < -0.3 is 4.90 Å². The molecule has 0 spiro atoms. The van der Waals surface area contributed by atoms with Crippen molar-refractivity contribution in [3.8, 4) is 6.07 Å². The maximum Gasteiger partial charge on any atom is 0.289 e. The highest BCUT2D eigenvalue weighted by atomic mass is 16.6. The average Bonchev–Trinajstić information content (AvgIpc) is 2.42. The van der Waals surface area contributed by atoms with Crippen molar-refractivity contribution in [1.82, 2.24) is 0 Å². The number of hydrogen-bond acceptors (Lipinski definition) is 4. The topological polar surface area (TPSA) is 70.2 Å². The Balaban J connectivity index is 3.07. The Kier molecular flexibility index (Phi) is 5.80. The van der Waals surface area contributed by atoms with Crippen molar-refractivity contribution in [3.63, 3.8) is 0 Å². The molecule has 0 aliphatic heterocycles. The number of nitriles is 1. The van der Waals surface area contributed by atoms with Crippen molar-refractivity contribution in [3.05, 3.63) is 33.9 Å². The second kappa shape index (κ2) is 7.37. The molecule has 0 radical (unpaired) electrons. The summed E-state index contributed by atoms with van der Waals surface area (Å²) in [5.41, 5.74) is 0.819. The average molecular weight is 261 g/mol. The molecule has 0 aliphatic rings. The first-order valence-corrected chi connectivity index (χ1v) is 6.57. The van der Waals surface area contributed by atoms with Crippen LogP contribution in [0.2, 0.25) is 0 Å². The summed E-state index contributed by atoms with van der Waals surface area (Å²) in [5, 5.41) is 19.8. The van der Waals surface area contributed by atoms with Crippen molar-refractivity contribution in [2.75, 3.05) is 18.0 Å². The van der Waals surface area contributed by atoms with Crippen LogP contribution in [0.4, 0.5) is 11.4 Å². The van der Waals surface area contributed by atoms with Gasteiger partial charge in [0, 0.05) is 24.8 Å². The van der Waals surface area contributed by atoms with E-state index in [1.807, 2.05) is 6.07 Å². The molecule has 1 aromatic rings. The van der Waals surface area contributed by atoms with E-state index in [4.69, 9.17) is 5.26 Å². The molecule has 5 nitrogen and oxygen atoms in total. The highest BCUT2D eigenvalue weighted by Gasteiger charge is 2.16. The number of unbranched alkanes of at least 4 members (excludes halogenated alkanes) is 1. The zero-order valence-corrected chi connectivity index (χ0v) is 11.4. The zero-order chi connectivity index (χ0) is 14.3. The van der Waals surface area contributed by atoms with Crippen molar-refractivity contribution < 1.29 is 4.92 Å². The summed E-state index contributed by atoms with van der Waals surface area (Å²) in [6.45, 7) is 5.94. The van der Waals surface area contributed by atoms with E-state index < -0.39 is 4.92 Å². The van der Waals surface area contributed by atoms with Crippen LogP contribution in [0.5, 0.6) is 0 Å². The molecule has 1 rings (SSSR count). The predicted molar refractivity (Wildman–Crippen MR) is 75.2 cm³/mol. The lowest BCUT2D eigenvalue weighted by Crippen LogP contribution is -2.25. The van der Waals surface area contributed by atoms with Crippen LogP contribution < -0.4 is 4.90 Å². The third-order valence-electron chi connectivity index (χ3n) is 2.94. The summed E-state index contributed by atoms with van der Waals surface area (Å²) in [6, 6.07) is 6.68. The number of nitrogens with zero attached hydrogens (tertiary/aromatic N) is 3. The Labute approximate surface area is 113 Å². The minimum absolute atomic E-state index is 0.112. The van der Waals surface area contributed by atoms with E-state index in [1.54, 1.807) is 6.07 Å². The molecule has 0 bridgehead atoms. The number of hydrogen-bond donors (Lipinski definition) is 0. The molecule has 0 atom stereocenters. The molecule has 0 N–H and O–H groups in total. The van der Waals surface area contributed by atoms with E-state index in [9.17, 15) is 10.1 Å². The van der Waals surface area contributed by atoms with Crippen LogP contribution in [0.15, 0.2) is 18.2 Å². The molecular weight excluding hydrogens is 242 g/mol. The van der Waals surface area contributed by atoms with Gasteiger partial charge in [0.05, 0.1) is 4.92 Å². The lowest BCUT2D eigenvalue weighted by Gasteiger charge is -2.24. The second-order valence-electron chi connectivity index (χ2n) is 4.41. The fraction of sp³-hybridized carbons (Fsp3) is 0.500. The van der Waals surface area contributed by atoms with Gasteiger partial charge in [-0.1, -0.05) is 20.3 Å². The van der Waals surface area contributed by atoms with Crippen molar-refractivity contribution in [2.45, 2.75) is 33.1 Å². The van der Waals surface area contributed by atoms with E-state index in [-0.39, 0.29) is 11.3 Å². The van der Waals surface area contributed by atoms with Gasteiger partial charge in [0.1, 0.15) is 11.6 Å². The van der Waals surface area contributed by atoms with E-state index in [0.717, 1.165) is 38.0 Å². The first kappa shape index (κ1) is 15.0. The molecule has 102 valence electrons. The lowest BCUT2D eigenvalue weighted by molar-refractivity contribution is -0.385. The standard InChI is InChI=1S/C14H19N3O2/c1-3-5-9-16(8-4-2)13-7-6-12(11-15)14(10-13)17(18)19/h6-7,10H,3-5,8-9H2,1-2H3. The van der Waals surface area contributed by atoms with E-state index in [0.29, 0.717) is 0 Å². The van der Waals surface area contributed by atoms with E-state index in [2.05, 4.69) is 18.7 Å². The molecule has 19 heavy (non-hydrogen) atoms. The maximum atomic E-state index is 11.0. The molecule has 0 fully saturated rings. The summed E-state index contributed by atoms with van der Waals surface area (Å²) in [4.78, 5) is 12.6. The number of benzene rings is 1. The Morgan fingerprint density at radius 2 is 2.05 bits per heavy atom. The molecule has 5 heteroatoms. The van der Waals surface area contributed by atoms with Gasteiger partial charge in [-0.05, 0) is 25.0 Å². The quantitative estimate of drug-likeness (QED) is 0.556. The number of nitro groups is 1. The van der Waals surface area contributed by atoms with Crippen LogP contribution in [0, 0.1) is 21.4 Å². The molecule has 0 aromatic heterocycles. The monoisotopic (exact) mass is 261 g/mol. The fourth-order valence-electron chi connectivity index (χ4n) is 1.95. The highest BCUT2D eigenvalue weighted by molar-refractivity contribution is 5.60. The first-order chi connectivity index (χ1) is 9.13. The van der Waals surface area contributed by atoms with E-state index >= 15 is 0 Å². The fourth-order valence-corrected chi connectivity index (χ4v) is 1.95. The number of rotatable bonds is 7. The summed E-state index contributed by atoms with van der Waals surface area (Å²) >= 11 is 0. The maximum absolute atomic E-state index is 11.0. The second-order valence-corrected chi connectivity index (χ2v) is 4.41. The van der Waals surface area contributed by atoms with Gasteiger partial charge in [0.15, 0.2) is 0 Å². The third kappa shape index (κ3) is 3.95. The van der Waals surface area contributed by atoms with Gasteiger partial charge in [-0.2, -0.15) is 5.26 Å². The summed E-state index contributed by atoms with van der Waals surface area (Å²) in [7, 11) is 0. The van der Waals surface area contributed by atoms with Crippen LogP contribution in [0.25, 0.3) is 0 Å². The zero-order valence-electron chi connectivity index (χ0n) is 11.4. The SMILES string of the molecule is CCCCN(CCC)c1ccc(C#N)c([N+](=O)[O-])c1. The number of nitro benzene ring substituents is 1. The Morgan fingerprint density at radius 1 is 1.32 bits per heavy atom. The van der Waals surface area contributed by atoms with Crippen LogP contribution in [0.3, 0.4) is 0 Å². The molecule has 0 heterocycles. The van der Waals surface area contributed by atoms with Crippen LogP contribution in [-0.4, -0.2) is 18.0 Å². The Hall–Kier alpha value is -2.09. The molecular formula is C14H19N3O2. The first-order valence-electron chi connectivity index (χ1n) is 6.57. The van der Waals surface area contributed by atoms with Gasteiger partial charge in [-0.15, -0.1) is 0 Å². The largest absolute Gasteiger partial charge is 0.371 e. The molecule has 0 unspecified atom stereocenters. The molecule has 0 aliphatic carbocycles. The van der Waals surface area contributed by atoms with E-state index in [1.165, 1.54) is 12.1 Å². The molecule has 1 aromatic carbocycles. The Morgan fingerprint density at radius 3 is 2.58 bits per heavy atom. The highest BCUT2D eigenvalue weighted by Crippen LogP contribution is 2.25. The van der Waals surface area contributed by atoms with Gasteiger partial charge >= 0.3 is 0 Å². The molecule has 0 amide bonds. The van der Waals surface area contributed by atoms with Gasteiger partial charge in [0.25, 0.3) is 5.69 Å². The Bertz CT molecular complexity index is 480. The number of anilines is 1. The van der Waals surface area contributed by atoms with Crippen molar-refractivity contribution >= 4 is 11.4 Å². The summed E-state index contributed by atoms with van der Waals surface area (Å²) < 4.78 is 0. The minimum atomic E-state index is -0.494. The molecule has 0 saturated heterocycles. The smallest absolute Gasteiger partial charge is 0.289 e. The summed E-state index contributed by atoms with van der Waals surface area (Å²) in [6.07, 6.45) is 3.11.